The molecule has 2 N–H and O–H groups in total. The third kappa shape index (κ3) is 3.49. The zero-order chi connectivity index (χ0) is 13.9. The molecule has 2 aromatic rings. The van der Waals surface area contributed by atoms with Gasteiger partial charge in [0.1, 0.15) is 5.75 Å². The Morgan fingerprint density at radius 1 is 1.16 bits per heavy atom. The van der Waals surface area contributed by atoms with E-state index in [9.17, 15) is 0 Å². The van der Waals surface area contributed by atoms with Gasteiger partial charge in [-0.15, -0.1) is 0 Å². The van der Waals surface area contributed by atoms with Gasteiger partial charge in [0, 0.05) is 10.6 Å². The minimum absolute atomic E-state index is 0.434. The molecule has 0 bridgehead atoms. The standard InChI is InChI=1S/C16H18ClNO/c1-16(18,11-12-4-3-5-14(17)10-12)13-6-8-15(19-2)9-7-13/h3-10H,11,18H2,1-2H3. The fourth-order valence-corrected chi connectivity index (χ4v) is 2.36. The Morgan fingerprint density at radius 2 is 1.84 bits per heavy atom. The molecule has 0 aliphatic rings. The second-order valence-electron chi connectivity index (χ2n) is 4.95. The summed E-state index contributed by atoms with van der Waals surface area (Å²) in [5, 5.41) is 0.739. The summed E-state index contributed by atoms with van der Waals surface area (Å²) in [5.41, 5.74) is 8.20. The van der Waals surface area contributed by atoms with Crippen LogP contribution in [0.15, 0.2) is 48.5 Å². The largest absolute Gasteiger partial charge is 0.497 e. The number of nitrogens with two attached hydrogens (primary N) is 1. The first-order valence-electron chi connectivity index (χ1n) is 6.19. The average Bonchev–Trinajstić information content (AvgIpc) is 2.38. The number of halogens is 1. The fraction of sp³-hybridized carbons (Fsp3) is 0.250. The highest BCUT2D eigenvalue weighted by Gasteiger charge is 2.21. The van der Waals surface area contributed by atoms with Crippen molar-refractivity contribution < 1.29 is 4.74 Å². The van der Waals surface area contributed by atoms with Crippen LogP contribution in [-0.2, 0) is 12.0 Å². The molecule has 0 fully saturated rings. The number of benzene rings is 2. The molecule has 0 radical (unpaired) electrons. The summed E-state index contributed by atoms with van der Waals surface area (Å²) in [4.78, 5) is 0. The molecule has 100 valence electrons. The molecule has 0 aliphatic carbocycles. The molecular weight excluding hydrogens is 258 g/mol. The van der Waals surface area contributed by atoms with Crippen molar-refractivity contribution in [3.8, 4) is 5.75 Å². The molecule has 1 unspecified atom stereocenters. The molecule has 0 saturated carbocycles. The summed E-state index contributed by atoms with van der Waals surface area (Å²) in [6, 6.07) is 15.7. The lowest BCUT2D eigenvalue weighted by atomic mass is 9.86. The van der Waals surface area contributed by atoms with Gasteiger partial charge in [-0.1, -0.05) is 35.9 Å². The predicted octanol–water partition coefficient (Wildman–Crippen LogP) is 3.77. The van der Waals surface area contributed by atoms with Crippen LogP contribution in [0.1, 0.15) is 18.1 Å². The van der Waals surface area contributed by atoms with Crippen LogP contribution in [-0.4, -0.2) is 7.11 Å². The Labute approximate surface area is 119 Å². The van der Waals surface area contributed by atoms with E-state index in [2.05, 4.69) is 0 Å². The van der Waals surface area contributed by atoms with Gasteiger partial charge < -0.3 is 10.5 Å². The lowest BCUT2D eigenvalue weighted by Gasteiger charge is -2.25. The minimum atomic E-state index is -0.434. The Morgan fingerprint density at radius 3 is 2.42 bits per heavy atom. The topological polar surface area (TPSA) is 35.2 Å². The first-order chi connectivity index (χ1) is 9.01. The maximum absolute atomic E-state index is 6.43. The first kappa shape index (κ1) is 13.9. The van der Waals surface area contributed by atoms with E-state index in [-0.39, 0.29) is 0 Å². The smallest absolute Gasteiger partial charge is 0.118 e. The summed E-state index contributed by atoms with van der Waals surface area (Å²) in [5.74, 6) is 0.835. The number of rotatable bonds is 4. The van der Waals surface area contributed by atoms with Gasteiger partial charge in [0.15, 0.2) is 0 Å². The Kier molecular flexibility index (Phi) is 4.13. The van der Waals surface area contributed by atoms with Crippen LogP contribution in [0.2, 0.25) is 5.02 Å². The summed E-state index contributed by atoms with van der Waals surface area (Å²) in [6.45, 7) is 2.02. The van der Waals surface area contributed by atoms with Crippen LogP contribution in [0, 0.1) is 0 Å². The maximum Gasteiger partial charge on any atom is 0.118 e. The van der Waals surface area contributed by atoms with Crippen molar-refractivity contribution in [3.63, 3.8) is 0 Å². The summed E-state index contributed by atoms with van der Waals surface area (Å²) >= 11 is 6.00. The lowest BCUT2D eigenvalue weighted by Crippen LogP contribution is -2.35. The second-order valence-corrected chi connectivity index (χ2v) is 5.39. The summed E-state index contributed by atoms with van der Waals surface area (Å²) in [6.07, 6.45) is 0.736. The van der Waals surface area contributed by atoms with E-state index >= 15 is 0 Å². The van der Waals surface area contributed by atoms with Crippen LogP contribution in [0.25, 0.3) is 0 Å². The quantitative estimate of drug-likeness (QED) is 0.922. The van der Waals surface area contributed by atoms with Crippen molar-refractivity contribution in [2.24, 2.45) is 5.73 Å². The van der Waals surface area contributed by atoms with Crippen molar-refractivity contribution in [3.05, 3.63) is 64.7 Å². The molecule has 1 atom stereocenters. The van der Waals surface area contributed by atoms with Crippen molar-refractivity contribution in [2.45, 2.75) is 18.9 Å². The molecule has 19 heavy (non-hydrogen) atoms. The van der Waals surface area contributed by atoms with Crippen LogP contribution in [0.3, 0.4) is 0 Å². The van der Waals surface area contributed by atoms with Gasteiger partial charge in [0.2, 0.25) is 0 Å². The van der Waals surface area contributed by atoms with Crippen molar-refractivity contribution in [2.75, 3.05) is 7.11 Å². The first-order valence-corrected chi connectivity index (χ1v) is 6.57. The van der Waals surface area contributed by atoms with E-state index in [1.54, 1.807) is 7.11 Å². The highest BCUT2D eigenvalue weighted by atomic mass is 35.5. The Hall–Kier alpha value is -1.51. The highest BCUT2D eigenvalue weighted by Crippen LogP contribution is 2.25. The number of hydrogen-bond donors (Lipinski definition) is 1. The monoisotopic (exact) mass is 275 g/mol. The molecule has 2 aromatic carbocycles. The molecule has 0 heterocycles. The zero-order valence-corrected chi connectivity index (χ0v) is 11.9. The van der Waals surface area contributed by atoms with Crippen molar-refractivity contribution >= 4 is 11.6 Å². The molecule has 0 aliphatic heterocycles. The highest BCUT2D eigenvalue weighted by molar-refractivity contribution is 6.30. The van der Waals surface area contributed by atoms with Crippen molar-refractivity contribution in [1.29, 1.82) is 0 Å². The van der Waals surface area contributed by atoms with Crippen LogP contribution in [0.5, 0.6) is 5.75 Å². The Bertz CT molecular complexity index is 549. The minimum Gasteiger partial charge on any atom is -0.497 e. The fourth-order valence-electron chi connectivity index (χ4n) is 2.14. The molecule has 0 spiro atoms. The predicted molar refractivity (Wildman–Crippen MR) is 79.7 cm³/mol. The van der Waals surface area contributed by atoms with E-state index in [0.717, 1.165) is 28.3 Å². The summed E-state index contributed by atoms with van der Waals surface area (Å²) < 4.78 is 5.16. The van der Waals surface area contributed by atoms with Gasteiger partial charge in [-0.3, -0.25) is 0 Å². The SMILES string of the molecule is COc1ccc(C(C)(N)Cc2cccc(Cl)c2)cc1. The van der Waals surface area contributed by atoms with Crippen molar-refractivity contribution in [1.82, 2.24) is 0 Å². The molecule has 2 nitrogen and oxygen atoms in total. The molecule has 3 heteroatoms. The molecule has 0 aromatic heterocycles. The second kappa shape index (κ2) is 5.64. The molecule has 2 rings (SSSR count). The number of ether oxygens (including phenoxy) is 1. The van der Waals surface area contributed by atoms with Gasteiger partial charge in [0.25, 0.3) is 0 Å². The van der Waals surface area contributed by atoms with E-state index in [1.807, 2.05) is 55.5 Å². The van der Waals surface area contributed by atoms with Gasteiger partial charge in [0.05, 0.1) is 7.11 Å². The molecule has 0 saturated heterocycles. The van der Waals surface area contributed by atoms with Gasteiger partial charge in [-0.25, -0.2) is 0 Å². The lowest BCUT2D eigenvalue weighted by molar-refractivity contribution is 0.413. The third-order valence-corrected chi connectivity index (χ3v) is 3.44. The van der Waals surface area contributed by atoms with Crippen LogP contribution < -0.4 is 10.5 Å². The van der Waals surface area contributed by atoms with E-state index in [0.29, 0.717) is 0 Å². The van der Waals surface area contributed by atoms with Gasteiger partial charge >= 0.3 is 0 Å². The number of hydrogen-bond acceptors (Lipinski definition) is 2. The molecule has 0 amide bonds. The summed E-state index contributed by atoms with van der Waals surface area (Å²) in [7, 11) is 1.66. The third-order valence-electron chi connectivity index (χ3n) is 3.21. The van der Waals surface area contributed by atoms with Crippen LogP contribution >= 0.6 is 11.6 Å². The van der Waals surface area contributed by atoms with E-state index in [1.165, 1.54) is 0 Å². The Balaban J connectivity index is 2.21. The van der Waals surface area contributed by atoms with E-state index < -0.39 is 5.54 Å². The van der Waals surface area contributed by atoms with E-state index in [4.69, 9.17) is 22.1 Å². The normalized spacial score (nSPS) is 13.9. The maximum atomic E-state index is 6.43. The van der Waals surface area contributed by atoms with Crippen LogP contribution in [0.4, 0.5) is 0 Å². The number of methoxy groups -OCH3 is 1. The molecular formula is C16H18ClNO. The zero-order valence-electron chi connectivity index (χ0n) is 11.2. The average molecular weight is 276 g/mol. The van der Waals surface area contributed by atoms with Gasteiger partial charge in [-0.05, 0) is 48.7 Å². The van der Waals surface area contributed by atoms with Gasteiger partial charge in [-0.2, -0.15) is 0 Å².